The van der Waals surface area contributed by atoms with Gasteiger partial charge in [0, 0.05) is 25.0 Å². The van der Waals surface area contributed by atoms with Gasteiger partial charge in [0.25, 0.3) is 0 Å². The fourth-order valence-electron chi connectivity index (χ4n) is 4.21. The summed E-state index contributed by atoms with van der Waals surface area (Å²) in [5, 5.41) is 0. The van der Waals surface area contributed by atoms with Gasteiger partial charge in [0.05, 0.1) is 5.75 Å². The molecule has 3 unspecified atom stereocenters. The van der Waals surface area contributed by atoms with Crippen LogP contribution in [0.3, 0.4) is 0 Å². The van der Waals surface area contributed by atoms with E-state index in [1.165, 1.54) is 25.7 Å². The highest BCUT2D eigenvalue weighted by molar-refractivity contribution is 7.89. The second-order valence-electron chi connectivity index (χ2n) is 6.84. The highest BCUT2D eigenvalue weighted by Crippen LogP contribution is 2.56. The summed E-state index contributed by atoms with van der Waals surface area (Å²) >= 11 is 0. The molecule has 3 aliphatic rings. The number of rotatable bonds is 5. The lowest BCUT2D eigenvalue weighted by Gasteiger charge is -2.17. The standard InChI is InChI=1S/C15H26N2O3S/c1-2-9-21(19,20)16-11-7-8-17(10-11)15(18)14-12-5-3-4-6-13(12)14/h11-14,16H,2-10H2,1H3. The number of sulfonamides is 1. The van der Waals surface area contributed by atoms with E-state index in [9.17, 15) is 13.2 Å². The zero-order valence-electron chi connectivity index (χ0n) is 12.8. The van der Waals surface area contributed by atoms with E-state index in [4.69, 9.17) is 0 Å². The minimum Gasteiger partial charge on any atom is -0.341 e. The first kappa shape index (κ1) is 15.3. The molecule has 0 aromatic carbocycles. The summed E-state index contributed by atoms with van der Waals surface area (Å²) in [7, 11) is -3.18. The van der Waals surface area contributed by atoms with Gasteiger partial charge in [-0.25, -0.2) is 13.1 Å². The fourth-order valence-corrected chi connectivity index (χ4v) is 5.56. The lowest BCUT2D eigenvalue weighted by Crippen LogP contribution is -2.39. The van der Waals surface area contributed by atoms with E-state index in [0.717, 1.165) is 6.42 Å². The molecule has 1 aliphatic heterocycles. The number of carbonyl (C=O) groups excluding carboxylic acids is 1. The monoisotopic (exact) mass is 314 g/mol. The molecule has 3 rings (SSSR count). The third kappa shape index (κ3) is 3.26. The zero-order chi connectivity index (χ0) is 15.0. The van der Waals surface area contributed by atoms with Crippen molar-refractivity contribution in [1.82, 2.24) is 9.62 Å². The van der Waals surface area contributed by atoms with Crippen LogP contribution in [0.5, 0.6) is 0 Å². The van der Waals surface area contributed by atoms with E-state index >= 15 is 0 Å². The third-order valence-corrected chi connectivity index (χ3v) is 6.90. The Morgan fingerprint density at radius 2 is 1.86 bits per heavy atom. The van der Waals surface area contributed by atoms with E-state index in [0.29, 0.717) is 31.3 Å². The molecule has 21 heavy (non-hydrogen) atoms. The van der Waals surface area contributed by atoms with Crippen molar-refractivity contribution >= 4 is 15.9 Å². The molecule has 0 aromatic heterocycles. The van der Waals surface area contributed by atoms with E-state index in [-0.39, 0.29) is 23.6 Å². The van der Waals surface area contributed by atoms with Crippen molar-refractivity contribution in [1.29, 1.82) is 0 Å². The molecule has 120 valence electrons. The molecule has 3 atom stereocenters. The number of hydrogen-bond acceptors (Lipinski definition) is 3. The van der Waals surface area contributed by atoms with Gasteiger partial charge in [-0.15, -0.1) is 0 Å². The van der Waals surface area contributed by atoms with Crippen molar-refractivity contribution in [2.75, 3.05) is 18.8 Å². The molecule has 5 nitrogen and oxygen atoms in total. The third-order valence-electron chi connectivity index (χ3n) is 5.26. The van der Waals surface area contributed by atoms with Crippen LogP contribution >= 0.6 is 0 Å². The van der Waals surface area contributed by atoms with E-state index in [1.807, 2.05) is 11.8 Å². The minimum absolute atomic E-state index is 0.0914. The van der Waals surface area contributed by atoms with Gasteiger partial charge in [-0.1, -0.05) is 19.8 Å². The van der Waals surface area contributed by atoms with E-state index in [2.05, 4.69) is 4.72 Å². The van der Waals surface area contributed by atoms with Crippen LogP contribution in [0, 0.1) is 17.8 Å². The molecule has 2 aliphatic carbocycles. The number of nitrogens with zero attached hydrogens (tertiary/aromatic N) is 1. The summed E-state index contributed by atoms with van der Waals surface area (Å²) in [6, 6.07) is -0.0914. The normalized spacial score (nSPS) is 35.6. The first-order chi connectivity index (χ1) is 10.0. The van der Waals surface area contributed by atoms with E-state index < -0.39 is 10.0 Å². The van der Waals surface area contributed by atoms with Gasteiger partial charge in [-0.3, -0.25) is 4.79 Å². The Labute approximate surface area is 127 Å². The summed E-state index contributed by atoms with van der Waals surface area (Å²) in [6.07, 6.45) is 6.32. The number of fused-ring (bicyclic) bond motifs is 1. The van der Waals surface area contributed by atoms with Crippen molar-refractivity contribution in [3.63, 3.8) is 0 Å². The van der Waals surface area contributed by atoms with Crippen LogP contribution in [0.2, 0.25) is 0 Å². The molecular formula is C15H26N2O3S. The number of nitrogens with one attached hydrogen (secondary N) is 1. The summed E-state index contributed by atoms with van der Waals surface area (Å²) in [4.78, 5) is 14.5. The maximum atomic E-state index is 12.6. The molecule has 2 saturated carbocycles. The molecule has 6 heteroatoms. The highest BCUT2D eigenvalue weighted by Gasteiger charge is 2.56. The average molecular weight is 314 g/mol. The molecule has 0 spiro atoms. The Morgan fingerprint density at radius 1 is 1.19 bits per heavy atom. The smallest absolute Gasteiger partial charge is 0.226 e. The lowest BCUT2D eigenvalue weighted by molar-refractivity contribution is -0.132. The predicted octanol–water partition coefficient (Wildman–Crippen LogP) is 1.35. The minimum atomic E-state index is -3.18. The first-order valence-electron chi connectivity index (χ1n) is 8.30. The average Bonchev–Trinajstić information content (AvgIpc) is 2.99. The lowest BCUT2D eigenvalue weighted by atomic mass is 10.0. The molecule has 0 bridgehead atoms. The van der Waals surface area contributed by atoms with Crippen molar-refractivity contribution in [3.8, 4) is 0 Å². The van der Waals surface area contributed by atoms with Crippen molar-refractivity contribution in [3.05, 3.63) is 0 Å². The SMILES string of the molecule is CCCS(=O)(=O)NC1CCN(C(=O)C2C3CCCCC32)C1. The second-order valence-corrected chi connectivity index (χ2v) is 8.72. The number of likely N-dealkylation sites (tertiary alicyclic amines) is 1. The highest BCUT2D eigenvalue weighted by atomic mass is 32.2. The molecule has 1 N–H and O–H groups in total. The summed E-state index contributed by atoms with van der Waals surface area (Å²) in [5.74, 6) is 1.95. The van der Waals surface area contributed by atoms with Crippen LogP contribution in [-0.2, 0) is 14.8 Å². The molecular weight excluding hydrogens is 288 g/mol. The van der Waals surface area contributed by atoms with Gasteiger partial charge in [-0.05, 0) is 37.5 Å². The van der Waals surface area contributed by atoms with Crippen molar-refractivity contribution in [2.24, 2.45) is 17.8 Å². The summed E-state index contributed by atoms with van der Waals surface area (Å²) < 4.78 is 26.3. The van der Waals surface area contributed by atoms with Crippen LogP contribution in [0.1, 0.15) is 45.4 Å². The number of carbonyl (C=O) groups is 1. The van der Waals surface area contributed by atoms with Gasteiger partial charge >= 0.3 is 0 Å². The van der Waals surface area contributed by atoms with Gasteiger partial charge < -0.3 is 4.90 Å². The fraction of sp³-hybridized carbons (Fsp3) is 0.933. The van der Waals surface area contributed by atoms with Crippen LogP contribution in [-0.4, -0.2) is 44.1 Å². The van der Waals surface area contributed by atoms with Gasteiger partial charge in [0.2, 0.25) is 15.9 Å². The molecule has 0 radical (unpaired) electrons. The first-order valence-corrected chi connectivity index (χ1v) is 9.96. The van der Waals surface area contributed by atoms with E-state index in [1.54, 1.807) is 0 Å². The predicted molar refractivity (Wildman–Crippen MR) is 81.1 cm³/mol. The van der Waals surface area contributed by atoms with Crippen LogP contribution in [0.15, 0.2) is 0 Å². The Bertz CT molecular complexity index is 493. The molecule has 3 fully saturated rings. The molecule has 0 aromatic rings. The maximum absolute atomic E-state index is 12.6. The number of amides is 1. The Hall–Kier alpha value is -0.620. The number of hydrogen-bond donors (Lipinski definition) is 1. The van der Waals surface area contributed by atoms with Crippen LogP contribution in [0.25, 0.3) is 0 Å². The largest absolute Gasteiger partial charge is 0.341 e. The summed E-state index contributed by atoms with van der Waals surface area (Å²) in [6.45, 7) is 3.12. The van der Waals surface area contributed by atoms with Gasteiger partial charge in [0.15, 0.2) is 0 Å². The summed E-state index contributed by atoms with van der Waals surface area (Å²) in [5.41, 5.74) is 0. The van der Waals surface area contributed by atoms with Gasteiger partial charge in [0.1, 0.15) is 0 Å². The second kappa shape index (κ2) is 5.88. The Kier molecular flexibility index (Phi) is 4.28. The quantitative estimate of drug-likeness (QED) is 0.833. The molecule has 1 saturated heterocycles. The van der Waals surface area contributed by atoms with Crippen molar-refractivity contribution < 1.29 is 13.2 Å². The van der Waals surface area contributed by atoms with Crippen molar-refractivity contribution in [2.45, 2.75) is 51.5 Å². The Balaban J connectivity index is 1.52. The molecule has 1 heterocycles. The Morgan fingerprint density at radius 3 is 2.48 bits per heavy atom. The van der Waals surface area contributed by atoms with Gasteiger partial charge in [-0.2, -0.15) is 0 Å². The topological polar surface area (TPSA) is 66.5 Å². The zero-order valence-corrected chi connectivity index (χ0v) is 13.6. The van der Waals surface area contributed by atoms with Crippen LogP contribution < -0.4 is 4.72 Å². The molecule has 1 amide bonds. The maximum Gasteiger partial charge on any atom is 0.226 e. The van der Waals surface area contributed by atoms with Crippen LogP contribution in [0.4, 0.5) is 0 Å².